The van der Waals surface area contributed by atoms with Gasteiger partial charge in [-0.2, -0.15) is 5.10 Å². The van der Waals surface area contributed by atoms with E-state index < -0.39 is 0 Å². The number of para-hydroxylation sites is 1. The first-order valence-electron chi connectivity index (χ1n) is 12.2. The number of halogens is 2. The van der Waals surface area contributed by atoms with Crippen molar-refractivity contribution in [1.82, 2.24) is 9.58 Å². The van der Waals surface area contributed by atoms with E-state index in [1.54, 1.807) is 28.5 Å². The van der Waals surface area contributed by atoms with Crippen molar-refractivity contribution in [2.45, 2.75) is 23.9 Å². The van der Waals surface area contributed by atoms with Crippen LogP contribution in [0.25, 0.3) is 10.9 Å². The molecule has 0 saturated carbocycles. The fourth-order valence-corrected chi connectivity index (χ4v) is 6.65. The molecule has 0 radical (unpaired) electrons. The summed E-state index contributed by atoms with van der Waals surface area (Å²) in [6.45, 7) is 0.746. The van der Waals surface area contributed by atoms with E-state index in [0.29, 0.717) is 6.42 Å². The van der Waals surface area contributed by atoms with Gasteiger partial charge in [-0.05, 0) is 52.9 Å². The Morgan fingerprint density at radius 1 is 1.03 bits per heavy atom. The average Bonchev–Trinajstić information content (AvgIpc) is 3.69. The van der Waals surface area contributed by atoms with Gasteiger partial charge in [-0.1, -0.05) is 64.5 Å². The van der Waals surface area contributed by atoms with Crippen LogP contribution in [0, 0.1) is 5.82 Å². The van der Waals surface area contributed by atoms with Crippen molar-refractivity contribution in [2.75, 3.05) is 5.75 Å². The van der Waals surface area contributed by atoms with Crippen LogP contribution in [0.1, 0.15) is 28.5 Å². The molecule has 0 unspecified atom stereocenters. The number of rotatable bonds is 7. The number of nitrogens with zero attached hydrogens (tertiary/aromatic N) is 3. The molecule has 0 saturated heterocycles. The molecule has 1 atom stereocenters. The molecular weight excluding hydrogens is 581 g/mol. The Balaban J connectivity index is 1.24. The average molecular weight is 605 g/mol. The second-order valence-electron chi connectivity index (χ2n) is 9.09. The second-order valence-corrected chi connectivity index (χ2v) is 12.0. The number of thioether (sulfide) groups is 1. The number of amides is 1. The Hall–Kier alpha value is -3.20. The maximum atomic E-state index is 13.6. The fraction of sp³-hybridized carbons (Fsp3) is 0.133. The van der Waals surface area contributed by atoms with Crippen molar-refractivity contribution in [2.24, 2.45) is 5.10 Å². The lowest BCUT2D eigenvalue weighted by molar-refractivity contribution is -0.130. The molecule has 0 N–H and O–H groups in total. The first-order valence-corrected chi connectivity index (χ1v) is 14.8. The van der Waals surface area contributed by atoms with E-state index in [1.165, 1.54) is 29.5 Å². The van der Waals surface area contributed by atoms with Crippen LogP contribution in [-0.4, -0.2) is 26.9 Å². The summed E-state index contributed by atoms with van der Waals surface area (Å²) in [5.41, 5.74) is 4.11. The monoisotopic (exact) mass is 603 g/mol. The third-order valence-electron chi connectivity index (χ3n) is 6.60. The van der Waals surface area contributed by atoms with Crippen molar-refractivity contribution in [1.29, 1.82) is 0 Å². The van der Waals surface area contributed by atoms with Gasteiger partial charge in [0.15, 0.2) is 0 Å². The number of carbonyl (C=O) groups is 1. The molecule has 3 heterocycles. The van der Waals surface area contributed by atoms with Crippen LogP contribution in [0.2, 0.25) is 0 Å². The molecule has 5 aromatic rings. The molecule has 6 rings (SSSR count). The predicted molar refractivity (Wildman–Crippen MR) is 157 cm³/mol. The third kappa shape index (κ3) is 5.21. The predicted octanol–water partition coefficient (Wildman–Crippen LogP) is 8.12. The molecule has 1 aliphatic rings. The first kappa shape index (κ1) is 25.1. The SMILES string of the molecule is O=C(CSc1cn(Cc2ccc(Br)cc2)c2ccccc12)N1N=C(c2cccs2)C[C@@H]1c1ccc(F)cc1. The Morgan fingerprint density at radius 2 is 1.82 bits per heavy atom. The molecule has 4 nitrogen and oxygen atoms in total. The lowest BCUT2D eigenvalue weighted by Crippen LogP contribution is -2.28. The molecule has 2 aromatic heterocycles. The molecule has 8 heteroatoms. The standard InChI is InChI=1S/C30H23BrFN3OS2/c31-22-11-7-20(8-12-22)17-34-18-29(24-4-1-2-5-26(24)34)38-19-30(36)35-27(21-9-13-23(32)14-10-21)16-25(33-35)28-6-3-15-37-28/h1-15,18,27H,16-17,19H2/t27-/m1/s1. The Kier molecular flexibility index (Phi) is 7.19. The molecule has 0 aliphatic carbocycles. The molecule has 1 amide bonds. The van der Waals surface area contributed by atoms with Crippen LogP contribution < -0.4 is 0 Å². The van der Waals surface area contributed by atoms with Gasteiger partial charge in [0.2, 0.25) is 0 Å². The molecule has 0 bridgehead atoms. The van der Waals surface area contributed by atoms with Crippen LogP contribution in [0.3, 0.4) is 0 Å². The highest BCUT2D eigenvalue weighted by Gasteiger charge is 2.33. The minimum Gasteiger partial charge on any atom is -0.342 e. The maximum absolute atomic E-state index is 13.6. The van der Waals surface area contributed by atoms with Gasteiger partial charge in [0, 0.05) is 39.4 Å². The number of hydrazone groups is 1. The quantitative estimate of drug-likeness (QED) is 0.176. The zero-order valence-corrected chi connectivity index (χ0v) is 23.5. The van der Waals surface area contributed by atoms with Gasteiger partial charge in [0.05, 0.1) is 22.4 Å². The number of fused-ring (bicyclic) bond motifs is 1. The highest BCUT2D eigenvalue weighted by molar-refractivity contribution is 9.10. The topological polar surface area (TPSA) is 37.6 Å². The van der Waals surface area contributed by atoms with E-state index in [0.717, 1.165) is 43.0 Å². The highest BCUT2D eigenvalue weighted by atomic mass is 79.9. The smallest absolute Gasteiger partial charge is 0.253 e. The lowest BCUT2D eigenvalue weighted by atomic mass is 10.0. The summed E-state index contributed by atoms with van der Waals surface area (Å²) in [5.74, 6) is -0.106. The summed E-state index contributed by atoms with van der Waals surface area (Å²) >= 11 is 6.64. The van der Waals surface area contributed by atoms with E-state index in [2.05, 4.69) is 51.0 Å². The second kappa shape index (κ2) is 10.9. The van der Waals surface area contributed by atoms with Gasteiger partial charge in [-0.25, -0.2) is 9.40 Å². The molecule has 190 valence electrons. The summed E-state index contributed by atoms with van der Waals surface area (Å²) in [5, 5.41) is 9.48. The van der Waals surface area contributed by atoms with Crippen LogP contribution in [-0.2, 0) is 11.3 Å². The van der Waals surface area contributed by atoms with Gasteiger partial charge in [-0.15, -0.1) is 23.1 Å². The minimum absolute atomic E-state index is 0.0689. The van der Waals surface area contributed by atoms with E-state index in [-0.39, 0.29) is 23.5 Å². The van der Waals surface area contributed by atoms with Gasteiger partial charge in [0.1, 0.15) is 5.82 Å². The van der Waals surface area contributed by atoms with Crippen LogP contribution in [0.4, 0.5) is 4.39 Å². The third-order valence-corrected chi connectivity index (χ3v) is 9.07. The summed E-state index contributed by atoms with van der Waals surface area (Å²) in [6.07, 6.45) is 2.74. The summed E-state index contributed by atoms with van der Waals surface area (Å²) in [6, 6.07) is 26.7. The molecular formula is C30H23BrFN3OS2. The Bertz CT molecular complexity index is 1610. The van der Waals surface area contributed by atoms with Gasteiger partial charge in [-0.3, -0.25) is 4.79 Å². The van der Waals surface area contributed by atoms with E-state index in [1.807, 2.05) is 41.8 Å². The molecule has 0 spiro atoms. The number of carbonyl (C=O) groups excluding carboxylic acids is 1. The number of benzene rings is 3. The normalized spacial score (nSPS) is 15.3. The van der Waals surface area contributed by atoms with Crippen LogP contribution in [0.5, 0.6) is 0 Å². The van der Waals surface area contributed by atoms with E-state index in [4.69, 9.17) is 5.10 Å². The zero-order chi connectivity index (χ0) is 26.1. The summed E-state index contributed by atoms with van der Waals surface area (Å²) in [4.78, 5) is 15.7. The molecule has 1 aliphatic heterocycles. The Morgan fingerprint density at radius 3 is 2.58 bits per heavy atom. The number of thiophene rings is 1. The zero-order valence-electron chi connectivity index (χ0n) is 20.3. The molecule has 0 fully saturated rings. The number of hydrogen-bond acceptors (Lipinski definition) is 4. The summed E-state index contributed by atoms with van der Waals surface area (Å²) < 4.78 is 16.9. The van der Waals surface area contributed by atoms with E-state index >= 15 is 0 Å². The van der Waals surface area contributed by atoms with Crippen LogP contribution >= 0.6 is 39.0 Å². The maximum Gasteiger partial charge on any atom is 0.253 e. The Labute approximate surface area is 236 Å². The van der Waals surface area contributed by atoms with Crippen molar-refractivity contribution in [3.8, 4) is 0 Å². The summed E-state index contributed by atoms with van der Waals surface area (Å²) in [7, 11) is 0. The number of hydrogen-bond donors (Lipinski definition) is 0. The molecule has 3 aromatic carbocycles. The first-order chi connectivity index (χ1) is 18.5. The fourth-order valence-electron chi connectivity index (χ4n) is 4.73. The van der Waals surface area contributed by atoms with Gasteiger partial charge < -0.3 is 4.57 Å². The largest absolute Gasteiger partial charge is 0.342 e. The van der Waals surface area contributed by atoms with Crippen LogP contribution in [0.15, 0.2) is 111 Å². The van der Waals surface area contributed by atoms with Crippen molar-refractivity contribution in [3.05, 3.63) is 123 Å². The van der Waals surface area contributed by atoms with E-state index in [9.17, 15) is 9.18 Å². The van der Waals surface area contributed by atoms with Gasteiger partial charge >= 0.3 is 0 Å². The highest BCUT2D eigenvalue weighted by Crippen LogP contribution is 2.36. The van der Waals surface area contributed by atoms with Gasteiger partial charge in [0.25, 0.3) is 5.91 Å². The minimum atomic E-state index is -0.292. The lowest BCUT2D eigenvalue weighted by Gasteiger charge is -2.22. The number of aromatic nitrogens is 1. The van der Waals surface area contributed by atoms with Crippen molar-refractivity contribution >= 4 is 61.6 Å². The molecule has 38 heavy (non-hydrogen) atoms. The van der Waals surface area contributed by atoms with Crippen molar-refractivity contribution in [3.63, 3.8) is 0 Å². The van der Waals surface area contributed by atoms with Crippen molar-refractivity contribution < 1.29 is 9.18 Å².